The molecule has 24 heavy (non-hydrogen) atoms. The highest BCUT2D eigenvalue weighted by atomic mass is 16.5. The van der Waals surface area contributed by atoms with Crippen molar-refractivity contribution < 1.29 is 13.9 Å². The summed E-state index contributed by atoms with van der Waals surface area (Å²) in [6.07, 6.45) is 5.04. The van der Waals surface area contributed by atoms with Crippen LogP contribution in [-0.4, -0.2) is 22.6 Å². The molecule has 3 aromatic rings. The highest BCUT2D eigenvalue weighted by Crippen LogP contribution is 2.29. The molecule has 1 atom stereocenters. The number of ether oxygens (including phenoxy) is 1. The van der Waals surface area contributed by atoms with E-state index in [1.54, 1.807) is 26.3 Å². The van der Waals surface area contributed by atoms with Gasteiger partial charge in [-0.3, -0.25) is 4.79 Å². The Morgan fingerprint density at radius 1 is 1.33 bits per heavy atom. The fourth-order valence-corrected chi connectivity index (χ4v) is 2.67. The number of amides is 1. The van der Waals surface area contributed by atoms with Gasteiger partial charge in [-0.2, -0.15) is 0 Å². The topological polar surface area (TPSA) is 69.3 Å². The molecule has 3 rings (SSSR count). The zero-order valence-corrected chi connectivity index (χ0v) is 13.8. The lowest BCUT2D eigenvalue weighted by molar-refractivity contribution is 0.0939. The Kier molecular flexibility index (Phi) is 4.37. The van der Waals surface area contributed by atoms with Crippen LogP contribution in [0.5, 0.6) is 5.75 Å². The summed E-state index contributed by atoms with van der Waals surface area (Å²) >= 11 is 0. The molecule has 0 saturated heterocycles. The molecule has 6 nitrogen and oxygen atoms in total. The van der Waals surface area contributed by atoms with Crippen molar-refractivity contribution in [1.82, 2.24) is 14.9 Å². The standard InChI is InChI=1S/C18H19N3O3/c1-12-13(8-11-24-12)18(22)20-16(17-19-9-10-21(17)2)14-6-4-5-7-15(14)23-3/h4-11,16H,1-3H3,(H,20,22)/t16-/m0/s1. The molecule has 0 unspecified atom stereocenters. The molecule has 0 aliphatic rings. The van der Waals surface area contributed by atoms with Gasteiger partial charge in [-0.05, 0) is 19.1 Å². The summed E-state index contributed by atoms with van der Waals surface area (Å²) in [5.74, 6) is 1.76. The Morgan fingerprint density at radius 2 is 2.12 bits per heavy atom. The van der Waals surface area contributed by atoms with E-state index in [0.29, 0.717) is 22.9 Å². The summed E-state index contributed by atoms with van der Waals surface area (Å²) < 4.78 is 12.6. The molecular weight excluding hydrogens is 306 g/mol. The maximum atomic E-state index is 12.7. The average molecular weight is 325 g/mol. The van der Waals surface area contributed by atoms with E-state index in [9.17, 15) is 4.79 Å². The number of furan rings is 1. The number of aromatic nitrogens is 2. The molecule has 1 aromatic carbocycles. The van der Waals surface area contributed by atoms with Crippen LogP contribution < -0.4 is 10.1 Å². The molecule has 0 aliphatic carbocycles. The van der Waals surface area contributed by atoms with Gasteiger partial charge in [0.05, 0.1) is 18.9 Å². The number of rotatable bonds is 5. The molecule has 0 radical (unpaired) electrons. The molecule has 2 aromatic heterocycles. The van der Waals surface area contributed by atoms with Gasteiger partial charge in [0.15, 0.2) is 0 Å². The minimum Gasteiger partial charge on any atom is -0.496 e. The molecule has 2 heterocycles. The number of methoxy groups -OCH3 is 1. The van der Waals surface area contributed by atoms with E-state index < -0.39 is 6.04 Å². The van der Waals surface area contributed by atoms with Crippen molar-refractivity contribution in [2.24, 2.45) is 7.05 Å². The Bertz CT molecular complexity index is 851. The third-order valence-corrected chi connectivity index (χ3v) is 3.95. The molecule has 1 amide bonds. The fourth-order valence-electron chi connectivity index (χ4n) is 2.67. The van der Waals surface area contributed by atoms with Gasteiger partial charge in [-0.15, -0.1) is 0 Å². The van der Waals surface area contributed by atoms with Gasteiger partial charge in [0.2, 0.25) is 0 Å². The Balaban J connectivity index is 2.02. The van der Waals surface area contributed by atoms with Crippen molar-refractivity contribution in [3.63, 3.8) is 0 Å². The number of carbonyl (C=O) groups is 1. The van der Waals surface area contributed by atoms with Crippen molar-refractivity contribution in [3.8, 4) is 5.75 Å². The van der Waals surface area contributed by atoms with E-state index in [1.165, 1.54) is 6.26 Å². The predicted molar refractivity (Wildman–Crippen MR) is 89.0 cm³/mol. The van der Waals surface area contributed by atoms with Crippen molar-refractivity contribution in [2.45, 2.75) is 13.0 Å². The largest absolute Gasteiger partial charge is 0.496 e. The molecule has 124 valence electrons. The van der Waals surface area contributed by atoms with Crippen molar-refractivity contribution in [1.29, 1.82) is 0 Å². The van der Waals surface area contributed by atoms with Gasteiger partial charge in [0.25, 0.3) is 5.91 Å². The van der Waals surface area contributed by atoms with Crippen LogP contribution in [0.1, 0.15) is 33.5 Å². The molecule has 0 bridgehead atoms. The van der Waals surface area contributed by atoms with Gasteiger partial charge in [0.1, 0.15) is 23.4 Å². The van der Waals surface area contributed by atoms with Crippen LogP contribution >= 0.6 is 0 Å². The first-order valence-corrected chi connectivity index (χ1v) is 7.57. The Morgan fingerprint density at radius 3 is 2.75 bits per heavy atom. The summed E-state index contributed by atoms with van der Waals surface area (Å²) in [5, 5.41) is 3.03. The SMILES string of the molecule is COc1ccccc1[C@H](NC(=O)c1ccoc1C)c1nccn1C. The lowest BCUT2D eigenvalue weighted by atomic mass is 10.0. The summed E-state index contributed by atoms with van der Waals surface area (Å²) in [5.41, 5.74) is 1.34. The predicted octanol–water partition coefficient (Wildman–Crippen LogP) is 2.85. The molecule has 6 heteroatoms. The van der Waals surface area contributed by atoms with Crippen LogP contribution in [0, 0.1) is 6.92 Å². The second-order valence-electron chi connectivity index (χ2n) is 5.44. The summed E-state index contributed by atoms with van der Waals surface area (Å²) in [7, 11) is 3.50. The summed E-state index contributed by atoms with van der Waals surface area (Å²) in [4.78, 5) is 17.1. The quantitative estimate of drug-likeness (QED) is 0.783. The lowest BCUT2D eigenvalue weighted by Crippen LogP contribution is -2.31. The van der Waals surface area contributed by atoms with E-state index >= 15 is 0 Å². The van der Waals surface area contributed by atoms with E-state index in [-0.39, 0.29) is 5.91 Å². The van der Waals surface area contributed by atoms with Crippen LogP contribution in [0.2, 0.25) is 0 Å². The summed E-state index contributed by atoms with van der Waals surface area (Å²) in [6, 6.07) is 8.79. The maximum Gasteiger partial charge on any atom is 0.255 e. The summed E-state index contributed by atoms with van der Waals surface area (Å²) in [6.45, 7) is 1.76. The Labute approximate surface area is 140 Å². The van der Waals surface area contributed by atoms with Gasteiger partial charge < -0.3 is 19.0 Å². The number of benzene rings is 1. The fraction of sp³-hybridized carbons (Fsp3) is 0.222. The number of nitrogens with one attached hydrogen (secondary N) is 1. The first kappa shape index (κ1) is 15.9. The lowest BCUT2D eigenvalue weighted by Gasteiger charge is -2.21. The number of nitrogens with zero attached hydrogens (tertiary/aromatic N) is 2. The van der Waals surface area contributed by atoms with Gasteiger partial charge >= 0.3 is 0 Å². The van der Waals surface area contributed by atoms with E-state index in [4.69, 9.17) is 9.15 Å². The third kappa shape index (κ3) is 2.90. The van der Waals surface area contributed by atoms with Crippen molar-refractivity contribution in [2.75, 3.05) is 7.11 Å². The minimum atomic E-state index is -0.442. The second kappa shape index (κ2) is 6.62. The maximum absolute atomic E-state index is 12.7. The van der Waals surface area contributed by atoms with Crippen LogP contribution in [0.4, 0.5) is 0 Å². The normalized spacial score (nSPS) is 12.0. The average Bonchev–Trinajstić information content (AvgIpc) is 3.21. The first-order valence-electron chi connectivity index (χ1n) is 7.57. The number of aryl methyl sites for hydroxylation is 2. The highest BCUT2D eigenvalue weighted by molar-refractivity contribution is 5.95. The molecular formula is C18H19N3O3. The van der Waals surface area contributed by atoms with E-state index in [2.05, 4.69) is 10.3 Å². The molecule has 0 fully saturated rings. The van der Waals surface area contributed by atoms with E-state index in [0.717, 1.165) is 5.56 Å². The van der Waals surface area contributed by atoms with Gasteiger partial charge in [-0.25, -0.2) is 4.98 Å². The molecule has 1 N–H and O–H groups in total. The number of carbonyl (C=O) groups excluding carboxylic acids is 1. The van der Waals surface area contributed by atoms with Gasteiger partial charge in [-0.1, -0.05) is 18.2 Å². The monoisotopic (exact) mass is 325 g/mol. The van der Waals surface area contributed by atoms with E-state index in [1.807, 2.05) is 42.1 Å². The van der Waals surface area contributed by atoms with Gasteiger partial charge in [0, 0.05) is 25.0 Å². The first-order chi connectivity index (χ1) is 11.6. The molecule has 0 saturated carbocycles. The highest BCUT2D eigenvalue weighted by Gasteiger charge is 2.25. The van der Waals surface area contributed by atoms with Crippen LogP contribution in [0.3, 0.4) is 0 Å². The van der Waals surface area contributed by atoms with Crippen molar-refractivity contribution >= 4 is 5.91 Å². The zero-order chi connectivity index (χ0) is 17.1. The van der Waals surface area contributed by atoms with Crippen LogP contribution in [0.15, 0.2) is 53.4 Å². The number of hydrogen-bond acceptors (Lipinski definition) is 4. The number of imidazole rings is 1. The van der Waals surface area contributed by atoms with Crippen molar-refractivity contribution in [3.05, 3.63) is 71.7 Å². The molecule has 0 aliphatic heterocycles. The zero-order valence-electron chi connectivity index (χ0n) is 13.8. The third-order valence-electron chi connectivity index (χ3n) is 3.95. The Hall–Kier alpha value is -3.02. The second-order valence-corrected chi connectivity index (χ2v) is 5.44. The van der Waals surface area contributed by atoms with Crippen LogP contribution in [0.25, 0.3) is 0 Å². The minimum absolute atomic E-state index is 0.222. The number of hydrogen-bond donors (Lipinski definition) is 1. The smallest absolute Gasteiger partial charge is 0.255 e. The number of para-hydroxylation sites is 1. The molecule has 0 spiro atoms. The van der Waals surface area contributed by atoms with Crippen LogP contribution in [-0.2, 0) is 7.05 Å².